The Morgan fingerprint density at radius 3 is 0.783 bits per heavy atom. The highest BCUT2D eigenvalue weighted by Crippen LogP contribution is 2.17. The third-order valence-corrected chi connectivity index (χ3v) is 13.6. The second-order valence-corrected chi connectivity index (χ2v) is 20.6. The van der Waals surface area contributed by atoms with Crippen LogP contribution in [-0.2, 0) is 28.6 Å². The molecular weight excluding hydrogens is 853 g/mol. The highest BCUT2D eigenvalue weighted by molar-refractivity contribution is 5.71. The number of carbonyl (C=O) groups is 3. The minimum absolute atomic E-state index is 0.0753. The van der Waals surface area contributed by atoms with Crippen LogP contribution in [0.15, 0.2) is 36.5 Å². The van der Waals surface area contributed by atoms with Crippen molar-refractivity contribution >= 4 is 17.9 Å². The number of ether oxygens (including phenoxy) is 3. The number of esters is 3. The van der Waals surface area contributed by atoms with Gasteiger partial charge in [-0.05, 0) is 89.9 Å². The topological polar surface area (TPSA) is 78.9 Å². The summed E-state index contributed by atoms with van der Waals surface area (Å²) in [5.74, 6) is -0.880. The summed E-state index contributed by atoms with van der Waals surface area (Å²) >= 11 is 0. The van der Waals surface area contributed by atoms with E-state index < -0.39 is 6.10 Å². The summed E-state index contributed by atoms with van der Waals surface area (Å²) in [7, 11) is 0. The molecule has 0 aliphatic heterocycles. The van der Waals surface area contributed by atoms with Crippen molar-refractivity contribution in [1.29, 1.82) is 0 Å². The zero-order valence-electron chi connectivity index (χ0n) is 46.3. The van der Waals surface area contributed by atoms with Crippen LogP contribution in [0.3, 0.4) is 0 Å². The fourth-order valence-corrected chi connectivity index (χ4v) is 8.97. The first kappa shape index (κ1) is 66.6. The van der Waals surface area contributed by atoms with Crippen LogP contribution in [0.1, 0.15) is 329 Å². The summed E-state index contributed by atoms with van der Waals surface area (Å²) in [4.78, 5) is 38.1. The lowest BCUT2D eigenvalue weighted by Crippen LogP contribution is -2.30. The summed E-state index contributed by atoms with van der Waals surface area (Å²) in [5.41, 5.74) is 0. The lowest BCUT2D eigenvalue weighted by Gasteiger charge is -2.18. The number of hydrogen-bond donors (Lipinski definition) is 0. The molecule has 0 saturated carbocycles. The summed E-state index contributed by atoms with van der Waals surface area (Å²) in [6.45, 7) is 6.59. The molecule has 69 heavy (non-hydrogen) atoms. The summed E-state index contributed by atoms with van der Waals surface area (Å²) in [6.07, 6.45) is 70.2. The van der Waals surface area contributed by atoms with E-state index >= 15 is 0 Å². The van der Waals surface area contributed by atoms with E-state index in [0.29, 0.717) is 19.3 Å². The Kier molecular flexibility index (Phi) is 56.2. The van der Waals surface area contributed by atoms with Crippen molar-refractivity contribution in [3.63, 3.8) is 0 Å². The van der Waals surface area contributed by atoms with Gasteiger partial charge in [-0.15, -0.1) is 0 Å². The van der Waals surface area contributed by atoms with Crippen LogP contribution in [0.5, 0.6) is 0 Å². The van der Waals surface area contributed by atoms with Gasteiger partial charge in [-0.25, -0.2) is 0 Å². The van der Waals surface area contributed by atoms with Crippen LogP contribution < -0.4 is 0 Å². The molecule has 0 fully saturated rings. The number of rotatable bonds is 56. The van der Waals surface area contributed by atoms with Gasteiger partial charge in [-0.3, -0.25) is 14.4 Å². The van der Waals surface area contributed by atoms with Crippen molar-refractivity contribution in [2.75, 3.05) is 13.2 Å². The molecule has 404 valence electrons. The molecule has 0 aromatic carbocycles. The predicted molar refractivity (Wildman–Crippen MR) is 298 cm³/mol. The Morgan fingerprint density at radius 2 is 0.507 bits per heavy atom. The average molecular weight is 970 g/mol. The van der Waals surface area contributed by atoms with Gasteiger partial charge in [0.15, 0.2) is 6.10 Å². The van der Waals surface area contributed by atoms with Crippen LogP contribution in [-0.4, -0.2) is 37.2 Å². The Labute approximate surface area is 429 Å². The molecule has 0 heterocycles. The normalized spacial score (nSPS) is 12.2. The van der Waals surface area contributed by atoms with Gasteiger partial charge in [0.1, 0.15) is 13.2 Å². The van der Waals surface area contributed by atoms with Gasteiger partial charge < -0.3 is 14.2 Å². The van der Waals surface area contributed by atoms with E-state index in [-0.39, 0.29) is 31.1 Å². The van der Waals surface area contributed by atoms with Gasteiger partial charge in [0.25, 0.3) is 0 Å². The third-order valence-electron chi connectivity index (χ3n) is 13.6. The van der Waals surface area contributed by atoms with E-state index in [1.54, 1.807) is 0 Å². The first-order chi connectivity index (χ1) is 34.0. The zero-order chi connectivity index (χ0) is 50.0. The Bertz CT molecular complexity index is 1160. The monoisotopic (exact) mass is 969 g/mol. The molecule has 0 spiro atoms. The summed E-state index contributed by atoms with van der Waals surface area (Å²) in [6, 6.07) is 0. The lowest BCUT2D eigenvalue weighted by atomic mass is 10.0. The van der Waals surface area contributed by atoms with E-state index in [0.717, 1.165) is 77.0 Å². The van der Waals surface area contributed by atoms with Gasteiger partial charge in [0.05, 0.1) is 0 Å². The number of hydrogen-bond acceptors (Lipinski definition) is 6. The standard InChI is InChI=1S/C63H116O6/c1-4-7-10-13-16-19-22-24-26-27-28-29-30-31-32-33-34-35-36-37-38-40-41-44-47-50-53-56-62(65)68-59-60(58-67-61(64)55-52-49-46-43-21-18-15-12-9-6-3)69-63(66)57-54-51-48-45-42-39-25-23-20-17-14-11-8-5-2/h12,15,23,25,27-28,60H,4-11,13-14,16-22,24,26,29-59H2,1-3H3/b15-12-,25-23-,28-27-. The molecule has 0 bridgehead atoms. The van der Waals surface area contributed by atoms with Gasteiger partial charge in [0.2, 0.25) is 0 Å². The molecule has 1 atom stereocenters. The lowest BCUT2D eigenvalue weighted by molar-refractivity contribution is -0.167. The fraction of sp³-hybridized carbons (Fsp3) is 0.857. The molecule has 1 unspecified atom stereocenters. The van der Waals surface area contributed by atoms with Crippen molar-refractivity contribution < 1.29 is 28.6 Å². The molecule has 0 rings (SSSR count). The quantitative estimate of drug-likeness (QED) is 0.0261. The molecule has 6 heteroatoms. The van der Waals surface area contributed by atoms with E-state index in [9.17, 15) is 14.4 Å². The third kappa shape index (κ3) is 56.4. The number of unbranched alkanes of at least 4 members (excludes halogenated alkanes) is 39. The van der Waals surface area contributed by atoms with Crippen LogP contribution in [0.2, 0.25) is 0 Å². The zero-order valence-corrected chi connectivity index (χ0v) is 46.3. The summed E-state index contributed by atoms with van der Waals surface area (Å²) in [5, 5.41) is 0. The Hall–Kier alpha value is -2.37. The van der Waals surface area contributed by atoms with Gasteiger partial charge in [-0.1, -0.05) is 256 Å². The minimum Gasteiger partial charge on any atom is -0.462 e. The van der Waals surface area contributed by atoms with E-state index in [2.05, 4.69) is 57.2 Å². The molecule has 0 aliphatic rings. The van der Waals surface area contributed by atoms with E-state index in [1.807, 2.05) is 0 Å². The van der Waals surface area contributed by atoms with Crippen molar-refractivity contribution in [1.82, 2.24) is 0 Å². The summed E-state index contributed by atoms with van der Waals surface area (Å²) < 4.78 is 16.8. The molecule has 0 aliphatic carbocycles. The van der Waals surface area contributed by atoms with E-state index in [1.165, 1.54) is 212 Å². The second-order valence-electron chi connectivity index (χ2n) is 20.6. The molecule has 0 radical (unpaired) electrons. The molecule has 0 aromatic rings. The van der Waals surface area contributed by atoms with Crippen molar-refractivity contribution in [3.05, 3.63) is 36.5 Å². The van der Waals surface area contributed by atoms with Crippen LogP contribution in [0, 0.1) is 0 Å². The van der Waals surface area contributed by atoms with Crippen molar-refractivity contribution in [2.24, 2.45) is 0 Å². The molecule has 0 N–H and O–H groups in total. The first-order valence-corrected chi connectivity index (χ1v) is 30.5. The number of carbonyl (C=O) groups excluding carboxylic acids is 3. The van der Waals surface area contributed by atoms with Gasteiger partial charge in [0, 0.05) is 19.3 Å². The molecule has 0 amide bonds. The van der Waals surface area contributed by atoms with Crippen LogP contribution in [0.25, 0.3) is 0 Å². The highest BCUT2D eigenvalue weighted by atomic mass is 16.6. The van der Waals surface area contributed by atoms with Gasteiger partial charge in [-0.2, -0.15) is 0 Å². The Balaban J connectivity index is 4.13. The van der Waals surface area contributed by atoms with Crippen molar-refractivity contribution in [2.45, 2.75) is 335 Å². The number of allylic oxidation sites excluding steroid dienone is 6. The van der Waals surface area contributed by atoms with E-state index in [4.69, 9.17) is 14.2 Å². The molecular formula is C63H116O6. The van der Waals surface area contributed by atoms with Gasteiger partial charge >= 0.3 is 17.9 Å². The first-order valence-electron chi connectivity index (χ1n) is 30.5. The maximum Gasteiger partial charge on any atom is 0.306 e. The molecule has 0 aromatic heterocycles. The predicted octanol–water partition coefficient (Wildman–Crippen LogP) is 20.4. The smallest absolute Gasteiger partial charge is 0.306 e. The average Bonchev–Trinajstić information content (AvgIpc) is 3.35. The van der Waals surface area contributed by atoms with Crippen LogP contribution >= 0.6 is 0 Å². The maximum atomic E-state index is 12.8. The second kappa shape index (κ2) is 58.2. The largest absolute Gasteiger partial charge is 0.462 e. The molecule has 6 nitrogen and oxygen atoms in total. The van der Waals surface area contributed by atoms with Crippen molar-refractivity contribution in [3.8, 4) is 0 Å². The fourth-order valence-electron chi connectivity index (χ4n) is 8.97. The SMILES string of the molecule is CCC/C=C\CCCCCCCC(=O)OCC(COC(=O)CCCCCCCCCCCCCCCCC/C=C\CCCCCCCCCC)OC(=O)CCCCCCC/C=C\CCCCCCC. The van der Waals surface area contributed by atoms with Crippen LogP contribution in [0.4, 0.5) is 0 Å². The highest BCUT2D eigenvalue weighted by Gasteiger charge is 2.19. The maximum absolute atomic E-state index is 12.8. The molecule has 0 saturated heterocycles. The minimum atomic E-state index is -0.777. The Morgan fingerprint density at radius 1 is 0.275 bits per heavy atom.